The summed E-state index contributed by atoms with van der Waals surface area (Å²) in [6, 6.07) is 6.08. The lowest BCUT2D eigenvalue weighted by Gasteiger charge is -2.20. The Morgan fingerprint density at radius 1 is 1.25 bits per heavy atom. The van der Waals surface area contributed by atoms with Crippen LogP contribution in [0.5, 0.6) is 0 Å². The van der Waals surface area contributed by atoms with Gasteiger partial charge in [-0.25, -0.2) is 0 Å². The number of halogens is 1. The summed E-state index contributed by atoms with van der Waals surface area (Å²) >= 11 is 3.50. The zero-order valence-electron chi connectivity index (χ0n) is 9.94. The molecule has 0 amide bonds. The molecule has 3 unspecified atom stereocenters. The standard InChI is InChI=1S/C13H19BrO2/c1-8(7-13(16)10(3)15)11-5-4-6-12(14)9(11)2/h4-6,8,10,13,15-16H,7H2,1-3H3. The highest BCUT2D eigenvalue weighted by molar-refractivity contribution is 9.10. The Bertz CT molecular complexity index is 350. The topological polar surface area (TPSA) is 40.5 Å². The normalized spacial score (nSPS) is 16.9. The molecule has 0 saturated carbocycles. The van der Waals surface area contributed by atoms with Crippen molar-refractivity contribution in [1.82, 2.24) is 0 Å². The molecule has 1 aromatic carbocycles. The van der Waals surface area contributed by atoms with Gasteiger partial charge in [0.1, 0.15) is 0 Å². The van der Waals surface area contributed by atoms with E-state index in [1.165, 1.54) is 11.1 Å². The molecule has 16 heavy (non-hydrogen) atoms. The minimum absolute atomic E-state index is 0.238. The van der Waals surface area contributed by atoms with Gasteiger partial charge in [0.25, 0.3) is 0 Å². The zero-order valence-corrected chi connectivity index (χ0v) is 11.5. The van der Waals surface area contributed by atoms with Gasteiger partial charge in [-0.15, -0.1) is 0 Å². The average Bonchev–Trinajstić information content (AvgIpc) is 2.21. The van der Waals surface area contributed by atoms with Crippen molar-refractivity contribution in [2.75, 3.05) is 0 Å². The SMILES string of the molecule is Cc1c(Br)cccc1C(C)CC(O)C(C)O. The first-order chi connectivity index (χ1) is 7.43. The molecule has 0 aliphatic heterocycles. The van der Waals surface area contributed by atoms with Crippen LogP contribution in [0.1, 0.15) is 37.3 Å². The maximum absolute atomic E-state index is 9.66. The Morgan fingerprint density at radius 2 is 1.88 bits per heavy atom. The lowest BCUT2D eigenvalue weighted by Crippen LogP contribution is -2.24. The van der Waals surface area contributed by atoms with Crippen molar-refractivity contribution in [2.45, 2.75) is 45.3 Å². The first-order valence-corrected chi connectivity index (χ1v) is 6.34. The number of benzene rings is 1. The maximum Gasteiger partial charge on any atom is 0.0802 e. The number of hydrogen-bond acceptors (Lipinski definition) is 2. The van der Waals surface area contributed by atoms with E-state index >= 15 is 0 Å². The fourth-order valence-electron chi connectivity index (χ4n) is 1.84. The van der Waals surface area contributed by atoms with Crippen LogP contribution < -0.4 is 0 Å². The van der Waals surface area contributed by atoms with E-state index < -0.39 is 12.2 Å². The molecule has 0 aromatic heterocycles. The Balaban J connectivity index is 2.80. The van der Waals surface area contributed by atoms with Crippen molar-refractivity contribution in [2.24, 2.45) is 0 Å². The predicted octanol–water partition coefficient (Wildman–Crippen LogP) is 2.99. The van der Waals surface area contributed by atoms with Crippen molar-refractivity contribution in [3.8, 4) is 0 Å². The highest BCUT2D eigenvalue weighted by Crippen LogP contribution is 2.28. The molecule has 3 heteroatoms. The van der Waals surface area contributed by atoms with Gasteiger partial charge in [-0.3, -0.25) is 0 Å². The molecule has 0 radical (unpaired) electrons. The third-order valence-corrected chi connectivity index (χ3v) is 3.85. The van der Waals surface area contributed by atoms with Crippen LogP contribution in [0.3, 0.4) is 0 Å². The molecule has 0 aliphatic rings. The molecule has 1 rings (SSSR count). The summed E-state index contributed by atoms with van der Waals surface area (Å²) in [6.45, 7) is 5.75. The van der Waals surface area contributed by atoms with Gasteiger partial charge >= 0.3 is 0 Å². The number of aliphatic hydroxyl groups excluding tert-OH is 2. The van der Waals surface area contributed by atoms with Gasteiger partial charge in [0.15, 0.2) is 0 Å². The fraction of sp³-hybridized carbons (Fsp3) is 0.538. The molecule has 90 valence electrons. The van der Waals surface area contributed by atoms with Gasteiger partial charge in [0.2, 0.25) is 0 Å². The van der Waals surface area contributed by atoms with Crippen molar-refractivity contribution in [1.29, 1.82) is 0 Å². The highest BCUT2D eigenvalue weighted by Gasteiger charge is 2.17. The average molecular weight is 287 g/mol. The summed E-state index contributed by atoms with van der Waals surface area (Å²) in [6.07, 6.45) is -0.752. The minimum Gasteiger partial charge on any atom is -0.391 e. The van der Waals surface area contributed by atoms with Crippen LogP contribution in [0, 0.1) is 6.92 Å². The van der Waals surface area contributed by atoms with E-state index in [2.05, 4.69) is 35.8 Å². The first kappa shape index (κ1) is 13.7. The van der Waals surface area contributed by atoms with Crippen LogP contribution in [0.25, 0.3) is 0 Å². The molecule has 3 atom stereocenters. The van der Waals surface area contributed by atoms with Crippen LogP contribution in [0.4, 0.5) is 0 Å². The molecule has 0 bridgehead atoms. The largest absolute Gasteiger partial charge is 0.391 e. The third kappa shape index (κ3) is 3.30. The van der Waals surface area contributed by atoms with Crippen LogP contribution in [0.2, 0.25) is 0 Å². The molecular weight excluding hydrogens is 268 g/mol. The van der Waals surface area contributed by atoms with Crippen LogP contribution in [0.15, 0.2) is 22.7 Å². The molecule has 2 nitrogen and oxygen atoms in total. The number of aliphatic hydroxyl groups is 2. The highest BCUT2D eigenvalue weighted by atomic mass is 79.9. The lowest BCUT2D eigenvalue weighted by atomic mass is 9.90. The first-order valence-electron chi connectivity index (χ1n) is 5.54. The smallest absolute Gasteiger partial charge is 0.0802 e. The summed E-state index contributed by atoms with van der Waals surface area (Å²) in [5.74, 6) is 0.238. The van der Waals surface area contributed by atoms with E-state index in [4.69, 9.17) is 0 Å². The second kappa shape index (κ2) is 5.80. The van der Waals surface area contributed by atoms with Crippen molar-refractivity contribution < 1.29 is 10.2 Å². The molecule has 0 fully saturated rings. The Hall–Kier alpha value is -0.380. The quantitative estimate of drug-likeness (QED) is 0.893. The Morgan fingerprint density at radius 3 is 2.44 bits per heavy atom. The maximum atomic E-state index is 9.66. The van der Waals surface area contributed by atoms with Gasteiger partial charge in [0.05, 0.1) is 12.2 Å². The third-order valence-electron chi connectivity index (χ3n) is 2.99. The Kier molecular flexibility index (Phi) is 4.96. The number of rotatable bonds is 4. The summed E-state index contributed by atoms with van der Waals surface area (Å²) < 4.78 is 1.09. The van der Waals surface area contributed by atoms with E-state index in [1.54, 1.807) is 6.92 Å². The van der Waals surface area contributed by atoms with Crippen LogP contribution >= 0.6 is 15.9 Å². The van der Waals surface area contributed by atoms with Gasteiger partial charge < -0.3 is 10.2 Å². The molecular formula is C13H19BrO2. The molecule has 0 aliphatic carbocycles. The zero-order chi connectivity index (χ0) is 12.3. The van der Waals surface area contributed by atoms with E-state index in [1.807, 2.05) is 12.1 Å². The fourth-order valence-corrected chi connectivity index (χ4v) is 2.23. The van der Waals surface area contributed by atoms with Crippen LogP contribution in [-0.2, 0) is 0 Å². The number of hydrogen-bond donors (Lipinski definition) is 2. The summed E-state index contributed by atoms with van der Waals surface area (Å²) in [4.78, 5) is 0. The predicted molar refractivity (Wildman–Crippen MR) is 69.6 cm³/mol. The second-order valence-corrected chi connectivity index (χ2v) is 5.25. The van der Waals surface area contributed by atoms with Gasteiger partial charge in [-0.05, 0) is 43.4 Å². The monoisotopic (exact) mass is 286 g/mol. The Labute approximate surface area is 105 Å². The van der Waals surface area contributed by atoms with E-state index in [9.17, 15) is 10.2 Å². The molecule has 0 saturated heterocycles. The lowest BCUT2D eigenvalue weighted by molar-refractivity contribution is 0.0227. The minimum atomic E-state index is -0.671. The van der Waals surface area contributed by atoms with Crippen molar-refractivity contribution in [3.05, 3.63) is 33.8 Å². The molecule has 0 spiro atoms. The second-order valence-electron chi connectivity index (χ2n) is 4.40. The molecule has 0 heterocycles. The van der Waals surface area contributed by atoms with Gasteiger partial charge in [0, 0.05) is 4.47 Å². The molecule has 1 aromatic rings. The van der Waals surface area contributed by atoms with E-state index in [-0.39, 0.29) is 5.92 Å². The van der Waals surface area contributed by atoms with Crippen molar-refractivity contribution in [3.63, 3.8) is 0 Å². The van der Waals surface area contributed by atoms with Gasteiger partial charge in [-0.1, -0.05) is 35.0 Å². The summed E-state index contributed by atoms with van der Waals surface area (Å²) in [7, 11) is 0. The molecule has 2 N–H and O–H groups in total. The van der Waals surface area contributed by atoms with Crippen molar-refractivity contribution >= 4 is 15.9 Å². The van der Waals surface area contributed by atoms with Gasteiger partial charge in [-0.2, -0.15) is 0 Å². The summed E-state index contributed by atoms with van der Waals surface area (Å²) in [5.41, 5.74) is 2.42. The van der Waals surface area contributed by atoms with E-state index in [0.29, 0.717) is 6.42 Å². The summed E-state index contributed by atoms with van der Waals surface area (Å²) in [5, 5.41) is 18.9. The van der Waals surface area contributed by atoms with Crippen LogP contribution in [-0.4, -0.2) is 22.4 Å². The van der Waals surface area contributed by atoms with E-state index in [0.717, 1.165) is 4.47 Å².